The van der Waals surface area contributed by atoms with Gasteiger partial charge in [0.15, 0.2) is 5.82 Å². The molecule has 0 amide bonds. The molecular formula is C26H22N4O3S. The van der Waals surface area contributed by atoms with E-state index in [0.29, 0.717) is 17.2 Å². The lowest BCUT2D eigenvalue weighted by molar-refractivity contribution is -0.137. The zero-order valence-corrected chi connectivity index (χ0v) is 19.8. The molecule has 3 heterocycles. The van der Waals surface area contributed by atoms with Gasteiger partial charge in [0.1, 0.15) is 23.2 Å². The van der Waals surface area contributed by atoms with Crippen molar-refractivity contribution in [3.8, 4) is 16.1 Å². The van der Waals surface area contributed by atoms with Gasteiger partial charge in [0.25, 0.3) is 0 Å². The Morgan fingerprint density at radius 3 is 2.50 bits per heavy atom. The van der Waals surface area contributed by atoms with E-state index in [2.05, 4.69) is 24.0 Å². The Bertz CT molecular complexity index is 1460. The van der Waals surface area contributed by atoms with Crippen molar-refractivity contribution >= 4 is 29.3 Å². The van der Waals surface area contributed by atoms with E-state index in [1.165, 1.54) is 0 Å². The van der Waals surface area contributed by atoms with Crippen molar-refractivity contribution in [2.45, 2.75) is 33.2 Å². The molecule has 7 nitrogen and oxygen atoms in total. The Hall–Kier alpha value is -3.91. The summed E-state index contributed by atoms with van der Waals surface area (Å²) in [7, 11) is 0. The van der Waals surface area contributed by atoms with E-state index in [1.54, 1.807) is 17.4 Å². The molecule has 170 valence electrons. The van der Waals surface area contributed by atoms with Gasteiger partial charge in [0, 0.05) is 21.6 Å². The number of aromatic nitrogens is 3. The highest BCUT2D eigenvalue weighted by atomic mass is 32.1. The van der Waals surface area contributed by atoms with E-state index in [0.717, 1.165) is 49.7 Å². The van der Waals surface area contributed by atoms with Gasteiger partial charge in [0.2, 0.25) is 0 Å². The molecule has 0 radical (unpaired) electrons. The third-order valence-electron chi connectivity index (χ3n) is 6.12. The molecule has 2 aromatic heterocycles. The van der Waals surface area contributed by atoms with Crippen LogP contribution >= 0.6 is 11.3 Å². The van der Waals surface area contributed by atoms with E-state index in [9.17, 15) is 14.7 Å². The number of aldehydes is 1. The molecule has 0 aliphatic carbocycles. The van der Waals surface area contributed by atoms with Crippen molar-refractivity contribution < 1.29 is 14.7 Å². The molecule has 1 aliphatic heterocycles. The lowest BCUT2D eigenvalue weighted by atomic mass is 9.96. The molecule has 1 N–H and O–H groups in total. The van der Waals surface area contributed by atoms with Crippen molar-refractivity contribution in [1.82, 2.24) is 14.8 Å². The molecule has 0 saturated carbocycles. The van der Waals surface area contributed by atoms with Crippen LogP contribution in [0.4, 0.5) is 0 Å². The summed E-state index contributed by atoms with van der Waals surface area (Å²) in [5.74, 6) is 0.304. The number of carboxylic acids is 1. The molecule has 5 rings (SSSR count). The fourth-order valence-corrected chi connectivity index (χ4v) is 5.52. The van der Waals surface area contributed by atoms with Gasteiger partial charge in [-0.05, 0) is 43.5 Å². The summed E-state index contributed by atoms with van der Waals surface area (Å²) in [5, 5.41) is 19.1. The minimum atomic E-state index is -0.941. The van der Waals surface area contributed by atoms with Crippen LogP contribution in [0.3, 0.4) is 0 Å². The molecule has 4 aromatic rings. The van der Waals surface area contributed by atoms with Gasteiger partial charge in [-0.3, -0.25) is 19.1 Å². The lowest BCUT2D eigenvalue weighted by Gasteiger charge is -2.11. The van der Waals surface area contributed by atoms with Gasteiger partial charge in [-0.1, -0.05) is 42.5 Å². The van der Waals surface area contributed by atoms with Crippen molar-refractivity contribution in [2.75, 3.05) is 0 Å². The molecule has 0 bridgehead atoms. The van der Waals surface area contributed by atoms with Crippen LogP contribution < -0.4 is 0 Å². The second-order valence-corrected chi connectivity index (χ2v) is 9.52. The first-order valence-corrected chi connectivity index (χ1v) is 11.7. The van der Waals surface area contributed by atoms with Crippen LogP contribution in [0.15, 0.2) is 53.5 Å². The number of carbonyl (C=O) groups is 2. The smallest absolute Gasteiger partial charge is 0.306 e. The van der Waals surface area contributed by atoms with Crippen LogP contribution in [0.2, 0.25) is 0 Å². The van der Waals surface area contributed by atoms with E-state index in [4.69, 9.17) is 4.99 Å². The maximum Gasteiger partial charge on any atom is 0.306 e. The first kappa shape index (κ1) is 21.9. The molecule has 8 heteroatoms. The largest absolute Gasteiger partial charge is 0.481 e. The first-order valence-electron chi connectivity index (χ1n) is 10.9. The molecule has 2 aromatic carbocycles. The topological polar surface area (TPSA) is 97.4 Å². The van der Waals surface area contributed by atoms with Gasteiger partial charge >= 0.3 is 5.97 Å². The van der Waals surface area contributed by atoms with Gasteiger partial charge in [-0.15, -0.1) is 21.5 Å². The fourth-order valence-electron chi connectivity index (χ4n) is 4.30. The first-order chi connectivity index (χ1) is 16.4. The second kappa shape index (κ2) is 8.46. The van der Waals surface area contributed by atoms with Crippen LogP contribution in [-0.2, 0) is 4.79 Å². The van der Waals surface area contributed by atoms with Crippen LogP contribution in [0.5, 0.6) is 0 Å². The quantitative estimate of drug-likeness (QED) is 0.409. The van der Waals surface area contributed by atoms with Crippen molar-refractivity contribution in [1.29, 1.82) is 0 Å². The summed E-state index contributed by atoms with van der Waals surface area (Å²) in [5.41, 5.74) is 6.29. The Balaban J connectivity index is 1.67. The summed E-state index contributed by atoms with van der Waals surface area (Å²) in [6.07, 6.45) is 0.662. The third-order valence-corrected chi connectivity index (χ3v) is 7.31. The van der Waals surface area contributed by atoms with Crippen LogP contribution in [0, 0.1) is 20.8 Å². The lowest BCUT2D eigenvalue weighted by Crippen LogP contribution is -2.10. The molecule has 0 unspecified atom stereocenters. The second-order valence-electron chi connectivity index (χ2n) is 8.32. The predicted molar refractivity (Wildman–Crippen MR) is 131 cm³/mol. The number of aliphatic carboxylic acids is 1. The van der Waals surface area contributed by atoms with E-state index in [-0.39, 0.29) is 6.42 Å². The maximum absolute atomic E-state index is 11.7. The monoisotopic (exact) mass is 470 g/mol. The molecule has 1 atom stereocenters. The highest BCUT2D eigenvalue weighted by Gasteiger charge is 2.32. The molecule has 34 heavy (non-hydrogen) atoms. The maximum atomic E-state index is 11.7. The minimum Gasteiger partial charge on any atom is -0.481 e. The van der Waals surface area contributed by atoms with Crippen molar-refractivity contribution in [3.63, 3.8) is 0 Å². The van der Waals surface area contributed by atoms with Gasteiger partial charge in [0.05, 0.1) is 12.1 Å². The highest BCUT2D eigenvalue weighted by Crippen LogP contribution is 2.39. The zero-order valence-electron chi connectivity index (χ0n) is 18.9. The van der Waals surface area contributed by atoms with Crippen LogP contribution in [0.1, 0.15) is 56.0 Å². The summed E-state index contributed by atoms with van der Waals surface area (Å²) in [6.45, 7) is 6.01. The Kier molecular flexibility index (Phi) is 5.45. The van der Waals surface area contributed by atoms with Gasteiger partial charge in [-0.2, -0.15) is 0 Å². The normalized spacial score (nSPS) is 14.7. The van der Waals surface area contributed by atoms with Crippen LogP contribution in [-0.4, -0.2) is 37.8 Å². The summed E-state index contributed by atoms with van der Waals surface area (Å²) in [6, 6.07) is 14.8. The van der Waals surface area contributed by atoms with Gasteiger partial charge in [-0.25, -0.2) is 0 Å². The Labute approximate surface area is 200 Å². The van der Waals surface area contributed by atoms with Crippen molar-refractivity contribution in [2.24, 2.45) is 4.99 Å². The minimum absolute atomic E-state index is 0.175. The average Bonchev–Trinajstić information content (AvgIpc) is 3.31. The number of aryl methyl sites for hydroxylation is 2. The van der Waals surface area contributed by atoms with Crippen LogP contribution in [0.25, 0.3) is 16.1 Å². The highest BCUT2D eigenvalue weighted by molar-refractivity contribution is 7.15. The molecule has 1 aliphatic rings. The van der Waals surface area contributed by atoms with E-state index < -0.39 is 12.0 Å². The standard InChI is InChI=1S/C26H22N4O3S/c1-14-15(2)34-26-23(14)24(27-21(12-22(32)33)25-29-28-16(3)30(25)26)19-9-7-18(8-10-19)20-6-4-5-17(11-20)13-31/h4-11,13,21H,12H2,1-3H3,(H,32,33)/t21-/m0/s1. The number of hydrogen-bond acceptors (Lipinski definition) is 6. The number of thiophene rings is 1. The van der Waals surface area contributed by atoms with E-state index >= 15 is 0 Å². The number of aliphatic imine (C=N–C) groups is 1. The number of nitrogens with zero attached hydrogens (tertiary/aromatic N) is 4. The number of benzene rings is 2. The summed E-state index contributed by atoms with van der Waals surface area (Å²) in [4.78, 5) is 29.0. The summed E-state index contributed by atoms with van der Waals surface area (Å²) < 4.78 is 1.95. The number of hydrogen-bond donors (Lipinski definition) is 1. The molecule has 0 fully saturated rings. The summed E-state index contributed by atoms with van der Waals surface area (Å²) >= 11 is 1.64. The SMILES string of the molecule is Cc1sc2c(c1C)C(c1ccc(-c3cccc(C=O)c3)cc1)=N[C@@H](CC(=O)O)c1nnc(C)n1-2. The molecule has 0 spiro atoms. The number of carbonyl (C=O) groups excluding carboxylic acids is 1. The molecular weight excluding hydrogens is 448 g/mol. The number of carboxylic acid groups (broad SMARTS) is 1. The average molecular weight is 471 g/mol. The molecule has 0 saturated heterocycles. The fraction of sp³-hybridized carbons (Fsp3) is 0.192. The predicted octanol–water partition coefficient (Wildman–Crippen LogP) is 5.10. The van der Waals surface area contributed by atoms with Gasteiger partial charge < -0.3 is 5.11 Å². The Morgan fingerprint density at radius 1 is 1.06 bits per heavy atom. The number of fused-ring (bicyclic) bond motifs is 3. The van der Waals surface area contributed by atoms with Crippen molar-refractivity contribution in [3.05, 3.63) is 87.3 Å². The zero-order chi connectivity index (χ0) is 24.0. The third kappa shape index (κ3) is 3.66. The Morgan fingerprint density at radius 2 is 1.79 bits per heavy atom. The van der Waals surface area contributed by atoms with E-state index in [1.807, 2.05) is 54.0 Å². The number of rotatable bonds is 5.